The van der Waals surface area contributed by atoms with E-state index >= 15 is 0 Å². The van der Waals surface area contributed by atoms with Crippen molar-refractivity contribution in [2.75, 3.05) is 13.1 Å². The summed E-state index contributed by atoms with van der Waals surface area (Å²) in [6.07, 6.45) is 3.42. The summed E-state index contributed by atoms with van der Waals surface area (Å²) >= 11 is 1.62. The number of hydrogen-bond donors (Lipinski definition) is 2. The molecular weight excluding hydrogens is 424 g/mol. The van der Waals surface area contributed by atoms with E-state index in [-0.39, 0.29) is 23.7 Å². The highest BCUT2D eigenvalue weighted by atomic mass is 32.1. The minimum atomic E-state index is -0.433. The summed E-state index contributed by atoms with van der Waals surface area (Å²) in [5.74, 6) is 0.240. The van der Waals surface area contributed by atoms with Crippen molar-refractivity contribution in [2.24, 2.45) is 11.8 Å². The van der Waals surface area contributed by atoms with E-state index in [1.807, 2.05) is 44.5 Å². The van der Waals surface area contributed by atoms with Crippen LogP contribution in [-0.4, -0.2) is 40.8 Å². The van der Waals surface area contributed by atoms with Crippen LogP contribution in [0.25, 0.3) is 10.4 Å². The van der Waals surface area contributed by atoms with Crippen LogP contribution in [0.3, 0.4) is 0 Å². The first-order valence-electron chi connectivity index (χ1n) is 11.1. The Morgan fingerprint density at radius 2 is 2.09 bits per heavy atom. The van der Waals surface area contributed by atoms with E-state index in [2.05, 4.69) is 27.9 Å². The first-order valence-corrected chi connectivity index (χ1v) is 12.0. The monoisotopic (exact) mass is 454 g/mol. The maximum absolute atomic E-state index is 13.3. The van der Waals surface area contributed by atoms with Crippen molar-refractivity contribution in [1.29, 1.82) is 0 Å². The van der Waals surface area contributed by atoms with E-state index < -0.39 is 6.04 Å². The lowest BCUT2D eigenvalue weighted by atomic mass is 9.91. The van der Waals surface area contributed by atoms with Crippen LogP contribution in [0, 0.1) is 18.8 Å². The Morgan fingerprint density at radius 3 is 2.72 bits per heavy atom. The second-order valence-corrected chi connectivity index (χ2v) is 9.50. The van der Waals surface area contributed by atoms with Crippen LogP contribution in [0.4, 0.5) is 0 Å². The number of thiazole rings is 1. The van der Waals surface area contributed by atoms with Crippen LogP contribution in [0.1, 0.15) is 37.9 Å². The predicted molar refractivity (Wildman–Crippen MR) is 124 cm³/mol. The highest BCUT2D eigenvalue weighted by Crippen LogP contribution is 2.30. The summed E-state index contributed by atoms with van der Waals surface area (Å²) in [4.78, 5) is 39.0. The molecule has 1 saturated heterocycles. The number of hydrogen-bond acceptors (Lipinski definition) is 6. The van der Waals surface area contributed by atoms with Gasteiger partial charge in [0.1, 0.15) is 17.7 Å². The van der Waals surface area contributed by atoms with Crippen LogP contribution in [-0.2, 0) is 21.0 Å². The minimum absolute atomic E-state index is 0.0307. The average Bonchev–Trinajstić information content (AvgIpc) is 3.54. The highest BCUT2D eigenvalue weighted by molar-refractivity contribution is 7.13. The fourth-order valence-electron chi connectivity index (χ4n) is 4.38. The van der Waals surface area contributed by atoms with Crippen molar-refractivity contribution in [3.63, 3.8) is 0 Å². The molecule has 7 nitrogen and oxygen atoms in total. The third kappa shape index (κ3) is 4.71. The van der Waals surface area contributed by atoms with Crippen LogP contribution < -0.4 is 10.8 Å². The maximum Gasteiger partial charge on any atom is 0.243 e. The molecule has 0 aliphatic carbocycles. The highest BCUT2D eigenvalue weighted by Gasteiger charge is 2.40. The van der Waals surface area contributed by atoms with Gasteiger partial charge in [-0.3, -0.25) is 9.59 Å². The summed E-state index contributed by atoms with van der Waals surface area (Å²) in [7, 11) is 0. The molecule has 2 N–H and O–H groups in total. The second-order valence-electron chi connectivity index (χ2n) is 8.65. The molecule has 170 valence electrons. The molecule has 1 aromatic heterocycles. The smallest absolute Gasteiger partial charge is 0.243 e. The molecule has 32 heavy (non-hydrogen) atoms. The Hall–Kier alpha value is -2.71. The van der Waals surface area contributed by atoms with Crippen LogP contribution in [0.5, 0.6) is 0 Å². The van der Waals surface area contributed by atoms with Gasteiger partial charge in [-0.1, -0.05) is 38.1 Å². The molecule has 0 spiro atoms. The number of rotatable bonds is 7. The van der Waals surface area contributed by atoms with Gasteiger partial charge in [0.2, 0.25) is 11.8 Å². The van der Waals surface area contributed by atoms with Crippen molar-refractivity contribution in [1.82, 2.24) is 20.7 Å². The molecule has 8 heteroatoms. The summed E-state index contributed by atoms with van der Waals surface area (Å²) in [5.41, 5.74) is 7.82. The lowest BCUT2D eigenvalue weighted by Crippen LogP contribution is -2.48. The van der Waals surface area contributed by atoms with Gasteiger partial charge in [-0.05, 0) is 42.9 Å². The fraction of sp³-hybridized carbons (Fsp3) is 0.458. The zero-order chi connectivity index (χ0) is 22.7. The molecule has 2 aliphatic heterocycles. The number of amides is 2. The van der Waals surface area contributed by atoms with Gasteiger partial charge in [-0.15, -0.1) is 11.3 Å². The van der Waals surface area contributed by atoms with Gasteiger partial charge in [-0.2, -0.15) is 5.48 Å². The van der Waals surface area contributed by atoms with Gasteiger partial charge in [-0.25, -0.2) is 4.98 Å². The lowest BCUT2D eigenvalue weighted by molar-refractivity contribution is -0.143. The zero-order valence-electron chi connectivity index (χ0n) is 18.8. The van der Waals surface area contributed by atoms with Crippen LogP contribution >= 0.6 is 11.3 Å². The SMILES string of the molecule is Cc1ncsc1-c1ccc(CNC(=O)C2CCCN2C(=O)C(C2=CCNO2)C(C)C)cc1. The van der Waals surface area contributed by atoms with Gasteiger partial charge in [0.05, 0.1) is 22.6 Å². The standard InChI is InChI=1S/C24H30N4O3S/c1-15(2)21(20-10-11-27-31-20)24(30)28-12-4-5-19(28)23(29)25-13-17-6-8-18(9-7-17)22-16(3)26-14-32-22/h6-10,14-15,19,21,27H,4-5,11-13H2,1-3H3,(H,25,29). The number of likely N-dealkylation sites (tertiary alicyclic amines) is 1. The van der Waals surface area contributed by atoms with E-state index in [4.69, 9.17) is 4.84 Å². The molecule has 0 bridgehead atoms. The Balaban J connectivity index is 1.38. The Bertz CT molecular complexity index is 999. The van der Waals surface area contributed by atoms with Crippen molar-refractivity contribution in [2.45, 2.75) is 46.2 Å². The molecule has 1 fully saturated rings. The first kappa shape index (κ1) is 22.5. The molecule has 2 aromatic rings. The van der Waals surface area contributed by atoms with Gasteiger partial charge < -0.3 is 15.1 Å². The van der Waals surface area contributed by atoms with Crippen molar-refractivity contribution < 1.29 is 14.4 Å². The van der Waals surface area contributed by atoms with Gasteiger partial charge in [0, 0.05) is 13.1 Å². The number of nitrogens with one attached hydrogen (secondary N) is 2. The summed E-state index contributed by atoms with van der Waals surface area (Å²) in [6, 6.07) is 7.74. The Labute approximate surface area is 192 Å². The zero-order valence-corrected chi connectivity index (χ0v) is 19.6. The quantitative estimate of drug-likeness (QED) is 0.670. The number of carbonyl (C=O) groups excluding carboxylic acids is 2. The maximum atomic E-state index is 13.3. The normalized spacial score (nSPS) is 19.1. The third-order valence-electron chi connectivity index (χ3n) is 6.08. The number of nitrogens with zero attached hydrogens (tertiary/aromatic N) is 2. The molecule has 2 atom stereocenters. The molecule has 2 unspecified atom stereocenters. The van der Waals surface area contributed by atoms with Crippen molar-refractivity contribution >= 4 is 23.2 Å². The average molecular weight is 455 g/mol. The molecule has 0 saturated carbocycles. The third-order valence-corrected chi connectivity index (χ3v) is 7.06. The minimum Gasteiger partial charge on any atom is -0.412 e. The summed E-state index contributed by atoms with van der Waals surface area (Å²) in [6.45, 7) is 7.65. The molecule has 2 amide bonds. The van der Waals surface area contributed by atoms with E-state index in [0.29, 0.717) is 31.8 Å². The van der Waals surface area contributed by atoms with E-state index in [1.54, 1.807) is 16.2 Å². The van der Waals surface area contributed by atoms with Crippen LogP contribution in [0.2, 0.25) is 0 Å². The van der Waals surface area contributed by atoms with Gasteiger partial charge in [0.15, 0.2) is 0 Å². The van der Waals surface area contributed by atoms with E-state index in [0.717, 1.165) is 28.1 Å². The molecule has 0 radical (unpaired) electrons. The Morgan fingerprint density at radius 1 is 1.31 bits per heavy atom. The first-order chi connectivity index (χ1) is 15.5. The number of benzene rings is 1. The summed E-state index contributed by atoms with van der Waals surface area (Å²) < 4.78 is 0. The molecule has 2 aliphatic rings. The molecular formula is C24H30N4O3S. The largest absolute Gasteiger partial charge is 0.412 e. The number of aryl methyl sites for hydroxylation is 1. The molecule has 1 aromatic carbocycles. The number of hydroxylamine groups is 1. The van der Waals surface area contributed by atoms with Crippen molar-refractivity contribution in [3.05, 3.63) is 52.9 Å². The van der Waals surface area contributed by atoms with Crippen LogP contribution in [0.15, 0.2) is 41.6 Å². The lowest BCUT2D eigenvalue weighted by Gasteiger charge is -2.30. The number of aromatic nitrogens is 1. The van der Waals surface area contributed by atoms with E-state index in [9.17, 15) is 9.59 Å². The fourth-order valence-corrected chi connectivity index (χ4v) is 5.19. The second kappa shape index (κ2) is 9.83. The van der Waals surface area contributed by atoms with Gasteiger partial charge >= 0.3 is 0 Å². The number of carbonyl (C=O) groups is 2. The van der Waals surface area contributed by atoms with E-state index in [1.165, 1.54) is 0 Å². The van der Waals surface area contributed by atoms with Gasteiger partial charge in [0.25, 0.3) is 0 Å². The summed E-state index contributed by atoms with van der Waals surface area (Å²) in [5, 5.41) is 3.03. The molecule has 3 heterocycles. The Kier molecular flexibility index (Phi) is 6.91. The van der Waals surface area contributed by atoms with Crippen molar-refractivity contribution in [3.8, 4) is 10.4 Å². The molecule has 4 rings (SSSR count). The topological polar surface area (TPSA) is 83.6 Å². The predicted octanol–water partition coefficient (Wildman–Crippen LogP) is 3.42.